The van der Waals surface area contributed by atoms with Crippen LogP contribution in [0, 0.1) is 0 Å². The van der Waals surface area contributed by atoms with E-state index in [0.717, 1.165) is 12.8 Å². The fraction of sp³-hybridized carbons (Fsp3) is 1.00. The van der Waals surface area contributed by atoms with E-state index in [4.69, 9.17) is 0 Å². The smallest absolute Gasteiger partial charge is 0.0638 e. The average molecular weight is 220 g/mol. The monoisotopic (exact) mass is 220 g/mol. The van der Waals surface area contributed by atoms with Crippen molar-refractivity contribution in [2.45, 2.75) is 49.7 Å². The van der Waals surface area contributed by atoms with Gasteiger partial charge in [-0.2, -0.15) is 0 Å². The van der Waals surface area contributed by atoms with Crippen LogP contribution in [0.2, 0.25) is 0 Å². The van der Waals surface area contributed by atoms with Gasteiger partial charge in [0.2, 0.25) is 0 Å². The molecule has 0 amide bonds. The molecule has 13 heavy (non-hydrogen) atoms. The maximum atomic E-state index is 10.0. The van der Waals surface area contributed by atoms with Gasteiger partial charge in [-0.3, -0.25) is 0 Å². The van der Waals surface area contributed by atoms with Gasteiger partial charge in [-0.25, -0.2) is 0 Å². The zero-order chi connectivity index (χ0) is 9.95. The first-order valence-electron chi connectivity index (χ1n) is 4.98. The Balaban J connectivity index is 2.49. The second-order valence-electron chi connectivity index (χ2n) is 4.21. The number of rotatable bonds is 3. The van der Waals surface area contributed by atoms with Crippen LogP contribution in [0.3, 0.4) is 0 Å². The van der Waals surface area contributed by atoms with Crippen molar-refractivity contribution in [3.63, 3.8) is 0 Å². The van der Waals surface area contributed by atoms with Gasteiger partial charge >= 0.3 is 0 Å². The van der Waals surface area contributed by atoms with E-state index in [1.807, 2.05) is 30.4 Å². The first-order chi connectivity index (χ1) is 5.97. The van der Waals surface area contributed by atoms with E-state index in [2.05, 4.69) is 13.8 Å². The minimum atomic E-state index is -0.480. The Bertz CT molecular complexity index is 162. The summed E-state index contributed by atoms with van der Waals surface area (Å²) in [5.74, 6) is 2.51. The molecule has 1 nitrogen and oxygen atoms in total. The largest absolute Gasteiger partial charge is 0.390 e. The molecule has 3 heteroatoms. The second-order valence-corrected chi connectivity index (χ2v) is 7.67. The van der Waals surface area contributed by atoms with Crippen LogP contribution in [0.4, 0.5) is 0 Å². The van der Waals surface area contributed by atoms with E-state index in [0.29, 0.717) is 0 Å². The van der Waals surface area contributed by atoms with Crippen LogP contribution in [0.5, 0.6) is 0 Å². The summed E-state index contributed by atoms with van der Waals surface area (Å²) < 4.78 is 0.248. The quantitative estimate of drug-likeness (QED) is 0.789. The highest BCUT2D eigenvalue weighted by atomic mass is 32.2. The van der Waals surface area contributed by atoms with Crippen LogP contribution in [-0.2, 0) is 0 Å². The lowest BCUT2D eigenvalue weighted by molar-refractivity contribution is 0.0453. The van der Waals surface area contributed by atoms with Crippen molar-refractivity contribution in [3.8, 4) is 0 Å². The molecular formula is C10H20OS2. The molecule has 1 unspecified atom stereocenters. The first-order valence-corrected chi connectivity index (χ1v) is 6.95. The van der Waals surface area contributed by atoms with Crippen LogP contribution in [0.25, 0.3) is 0 Å². The molecule has 1 aliphatic rings. The second kappa shape index (κ2) is 4.45. The van der Waals surface area contributed by atoms with Crippen molar-refractivity contribution in [1.29, 1.82) is 0 Å². The Labute approximate surface area is 90.1 Å². The topological polar surface area (TPSA) is 20.2 Å². The first kappa shape index (κ1) is 11.7. The Hall–Kier alpha value is 0.660. The predicted molar refractivity (Wildman–Crippen MR) is 63.5 cm³/mol. The number of thioether (sulfide) groups is 2. The molecule has 1 aliphatic heterocycles. The van der Waals surface area contributed by atoms with Crippen LogP contribution in [0.15, 0.2) is 0 Å². The van der Waals surface area contributed by atoms with E-state index >= 15 is 0 Å². The summed E-state index contributed by atoms with van der Waals surface area (Å²) in [5, 5.41) is 10.0. The molecule has 0 aliphatic carbocycles. The van der Waals surface area contributed by atoms with Crippen molar-refractivity contribution in [2.24, 2.45) is 0 Å². The molecule has 1 N–H and O–H groups in total. The average Bonchev–Trinajstić information content (AvgIpc) is 2.04. The summed E-state index contributed by atoms with van der Waals surface area (Å²) in [6.07, 6.45) is 3.08. The molecule has 1 rings (SSSR count). The molecule has 1 atom stereocenters. The Morgan fingerprint density at radius 2 is 1.92 bits per heavy atom. The Morgan fingerprint density at radius 1 is 1.38 bits per heavy atom. The van der Waals surface area contributed by atoms with Gasteiger partial charge < -0.3 is 5.11 Å². The van der Waals surface area contributed by atoms with Gasteiger partial charge in [0, 0.05) is 0 Å². The van der Waals surface area contributed by atoms with Crippen molar-refractivity contribution < 1.29 is 5.11 Å². The number of hydrogen-bond donors (Lipinski definition) is 1. The molecule has 0 spiro atoms. The fourth-order valence-corrected chi connectivity index (χ4v) is 4.88. The molecule has 0 aromatic heterocycles. The highest BCUT2D eigenvalue weighted by Crippen LogP contribution is 2.47. The minimum Gasteiger partial charge on any atom is -0.390 e. The summed E-state index contributed by atoms with van der Waals surface area (Å²) in [4.78, 5) is 0. The van der Waals surface area contributed by atoms with E-state index in [1.54, 1.807) is 0 Å². The van der Waals surface area contributed by atoms with Crippen molar-refractivity contribution in [2.75, 3.05) is 11.5 Å². The van der Waals surface area contributed by atoms with Gasteiger partial charge in [-0.1, -0.05) is 6.92 Å². The lowest BCUT2D eigenvalue weighted by atomic mass is 9.97. The van der Waals surface area contributed by atoms with Gasteiger partial charge in [0.05, 0.1) is 9.68 Å². The molecule has 0 bridgehead atoms. The van der Waals surface area contributed by atoms with Gasteiger partial charge in [0.25, 0.3) is 0 Å². The van der Waals surface area contributed by atoms with Crippen LogP contribution in [0.1, 0.15) is 40.0 Å². The normalized spacial score (nSPS) is 26.8. The van der Waals surface area contributed by atoms with Crippen LogP contribution >= 0.6 is 23.5 Å². The lowest BCUT2D eigenvalue weighted by Crippen LogP contribution is -2.34. The SMILES string of the molecule is CCC(C)(O)CC1(C)SCCCS1. The molecule has 78 valence electrons. The lowest BCUT2D eigenvalue weighted by Gasteiger charge is -2.37. The van der Waals surface area contributed by atoms with Crippen LogP contribution in [-0.4, -0.2) is 26.3 Å². The van der Waals surface area contributed by atoms with Crippen molar-refractivity contribution >= 4 is 23.5 Å². The third-order valence-corrected chi connectivity index (χ3v) is 5.77. The summed E-state index contributed by atoms with van der Waals surface area (Å²) in [7, 11) is 0. The van der Waals surface area contributed by atoms with E-state index in [9.17, 15) is 5.11 Å². The highest BCUT2D eigenvalue weighted by Gasteiger charge is 2.35. The van der Waals surface area contributed by atoms with Crippen LogP contribution < -0.4 is 0 Å². The molecule has 1 heterocycles. The third kappa shape index (κ3) is 3.72. The zero-order valence-corrected chi connectivity index (χ0v) is 10.4. The van der Waals surface area contributed by atoms with E-state index in [1.165, 1.54) is 17.9 Å². The molecule has 0 aromatic carbocycles. The summed E-state index contributed by atoms with van der Waals surface area (Å²) >= 11 is 4.02. The maximum absolute atomic E-state index is 10.0. The molecule has 0 aromatic rings. The van der Waals surface area contributed by atoms with Gasteiger partial charge in [-0.05, 0) is 44.6 Å². The van der Waals surface area contributed by atoms with E-state index < -0.39 is 5.60 Å². The van der Waals surface area contributed by atoms with Gasteiger partial charge in [0.1, 0.15) is 0 Å². The Kier molecular flexibility index (Phi) is 4.02. The summed E-state index contributed by atoms with van der Waals surface area (Å²) in [6, 6.07) is 0. The zero-order valence-electron chi connectivity index (χ0n) is 8.80. The Morgan fingerprint density at radius 3 is 2.38 bits per heavy atom. The standard InChI is InChI=1S/C10H20OS2/c1-4-9(2,11)8-10(3)12-6-5-7-13-10/h11H,4-8H2,1-3H3. The summed E-state index contributed by atoms with van der Waals surface area (Å²) in [5.41, 5.74) is -0.480. The highest BCUT2D eigenvalue weighted by molar-refractivity contribution is 8.18. The predicted octanol–water partition coefficient (Wildman–Crippen LogP) is 3.12. The van der Waals surface area contributed by atoms with E-state index in [-0.39, 0.29) is 4.08 Å². The molecule has 0 radical (unpaired) electrons. The summed E-state index contributed by atoms with van der Waals surface area (Å²) in [6.45, 7) is 6.28. The van der Waals surface area contributed by atoms with Crippen molar-refractivity contribution in [1.82, 2.24) is 0 Å². The third-order valence-electron chi connectivity index (χ3n) is 2.57. The number of aliphatic hydroxyl groups is 1. The molecule has 0 saturated carbocycles. The van der Waals surface area contributed by atoms with Gasteiger partial charge in [-0.15, -0.1) is 23.5 Å². The number of hydrogen-bond acceptors (Lipinski definition) is 3. The fourth-order valence-electron chi connectivity index (χ4n) is 1.60. The minimum absolute atomic E-state index is 0.248. The van der Waals surface area contributed by atoms with Crippen molar-refractivity contribution in [3.05, 3.63) is 0 Å². The molecule has 1 saturated heterocycles. The maximum Gasteiger partial charge on any atom is 0.0638 e. The molecule has 1 fully saturated rings. The van der Waals surface area contributed by atoms with Gasteiger partial charge in [0.15, 0.2) is 0 Å². The molecular weight excluding hydrogens is 200 g/mol.